The molecule has 0 radical (unpaired) electrons. The van der Waals surface area contributed by atoms with E-state index in [9.17, 15) is 4.79 Å². The molecule has 1 aliphatic heterocycles. The predicted molar refractivity (Wildman–Crippen MR) is 139 cm³/mol. The van der Waals surface area contributed by atoms with E-state index in [4.69, 9.17) is 10.4 Å². The van der Waals surface area contributed by atoms with Crippen molar-refractivity contribution in [3.63, 3.8) is 0 Å². The molecule has 0 spiro atoms. The summed E-state index contributed by atoms with van der Waals surface area (Å²) in [6.07, 6.45) is 3.74. The van der Waals surface area contributed by atoms with Crippen LogP contribution in [0.3, 0.4) is 0 Å². The van der Waals surface area contributed by atoms with Gasteiger partial charge in [0.25, 0.3) is 5.56 Å². The van der Waals surface area contributed by atoms with E-state index in [2.05, 4.69) is 63.6 Å². The quantitative estimate of drug-likeness (QED) is 0.407. The molecule has 1 fully saturated rings. The number of hydrogen-bond donors (Lipinski definition) is 0. The molecular formula is C25H30N8OS. The number of hydrogen-bond acceptors (Lipinski definition) is 8. The van der Waals surface area contributed by atoms with Crippen LogP contribution in [0.5, 0.6) is 0 Å². The minimum absolute atomic E-state index is 0.0621. The van der Waals surface area contributed by atoms with Crippen molar-refractivity contribution in [1.82, 2.24) is 28.0 Å². The van der Waals surface area contributed by atoms with Gasteiger partial charge in [0, 0.05) is 44.3 Å². The van der Waals surface area contributed by atoms with Crippen LogP contribution < -0.4 is 10.5 Å². The number of aromatic nitrogens is 5. The average Bonchev–Trinajstić information content (AvgIpc) is 3.52. The Labute approximate surface area is 208 Å². The standard InChI is InChI=1S/C25H30N8OS/c1-5-18-14-33(22-12-24(34)30(4)23-15-31(10-9-26)27-25(22)23)19(6-2)13-32(18)16(3)17-7-8-20-21(11-17)29-35-28-20/h7-8,11-12,15-16,18-19H,5-6,10,13-14H2,1-4H3/t16-,18-,19+/m1/s1. The second-order valence-corrected chi connectivity index (χ2v) is 9.84. The molecule has 0 aliphatic carbocycles. The molecule has 3 atom stereocenters. The molecule has 4 heterocycles. The molecule has 0 unspecified atom stereocenters. The number of aryl methyl sites for hydroxylation is 1. The molecule has 10 heteroatoms. The summed E-state index contributed by atoms with van der Waals surface area (Å²) >= 11 is 1.25. The lowest BCUT2D eigenvalue weighted by Gasteiger charge is -2.49. The second kappa shape index (κ2) is 9.40. The van der Waals surface area contributed by atoms with Crippen molar-refractivity contribution in [2.45, 2.75) is 58.3 Å². The van der Waals surface area contributed by atoms with Crippen LogP contribution in [0.4, 0.5) is 5.69 Å². The average molecular weight is 491 g/mol. The third-order valence-electron chi connectivity index (χ3n) is 7.42. The van der Waals surface area contributed by atoms with E-state index in [1.165, 1.54) is 17.3 Å². The second-order valence-electron chi connectivity index (χ2n) is 9.31. The Bertz CT molecular complexity index is 1460. The maximum absolute atomic E-state index is 12.9. The SMILES string of the molecule is CC[C@H]1CN([C@H](C)c2ccc3nsnc3c2)[C@H](CC)CN1c1cc(=O)n(C)c2cn(CC#N)nc12. The predicted octanol–water partition coefficient (Wildman–Crippen LogP) is 3.70. The van der Waals surface area contributed by atoms with Gasteiger partial charge in [0.2, 0.25) is 0 Å². The molecule has 1 saturated heterocycles. The van der Waals surface area contributed by atoms with E-state index in [1.54, 1.807) is 28.6 Å². The zero-order valence-electron chi connectivity index (χ0n) is 20.5. The van der Waals surface area contributed by atoms with Crippen LogP contribution in [0.15, 0.2) is 35.3 Å². The van der Waals surface area contributed by atoms with Crippen molar-refractivity contribution in [3.05, 3.63) is 46.4 Å². The number of nitriles is 1. The van der Waals surface area contributed by atoms with Gasteiger partial charge in [0.15, 0.2) is 0 Å². The fourth-order valence-electron chi connectivity index (χ4n) is 5.32. The summed E-state index contributed by atoms with van der Waals surface area (Å²) < 4.78 is 12.0. The Morgan fingerprint density at radius 3 is 2.66 bits per heavy atom. The molecule has 1 aliphatic rings. The van der Waals surface area contributed by atoms with Gasteiger partial charge in [-0.3, -0.25) is 14.4 Å². The van der Waals surface area contributed by atoms with Gasteiger partial charge >= 0.3 is 0 Å². The van der Waals surface area contributed by atoms with Crippen molar-refractivity contribution in [3.8, 4) is 6.07 Å². The number of anilines is 1. The fraction of sp³-hybridized carbons (Fsp3) is 0.480. The van der Waals surface area contributed by atoms with Crippen molar-refractivity contribution in [2.24, 2.45) is 7.05 Å². The smallest absolute Gasteiger partial charge is 0.252 e. The van der Waals surface area contributed by atoms with Crippen LogP contribution in [-0.4, -0.2) is 53.2 Å². The number of benzene rings is 1. The molecule has 9 nitrogen and oxygen atoms in total. The maximum atomic E-state index is 12.9. The number of rotatable bonds is 6. The first-order valence-electron chi connectivity index (χ1n) is 12.1. The Morgan fingerprint density at radius 2 is 1.91 bits per heavy atom. The van der Waals surface area contributed by atoms with Crippen LogP contribution in [0.2, 0.25) is 0 Å². The molecule has 0 bridgehead atoms. The van der Waals surface area contributed by atoms with Gasteiger partial charge in [-0.05, 0) is 37.5 Å². The molecule has 1 aromatic carbocycles. The van der Waals surface area contributed by atoms with E-state index in [1.807, 2.05) is 0 Å². The Hall–Kier alpha value is -3.29. The highest BCUT2D eigenvalue weighted by atomic mass is 32.1. The first-order chi connectivity index (χ1) is 16.9. The lowest BCUT2D eigenvalue weighted by atomic mass is 9.96. The van der Waals surface area contributed by atoms with Gasteiger partial charge in [-0.15, -0.1) is 0 Å². The van der Waals surface area contributed by atoms with Crippen LogP contribution in [-0.2, 0) is 13.6 Å². The molecular weight excluding hydrogens is 460 g/mol. The van der Waals surface area contributed by atoms with E-state index in [0.717, 1.165) is 53.7 Å². The molecule has 0 N–H and O–H groups in total. The van der Waals surface area contributed by atoms with Crippen molar-refractivity contribution < 1.29 is 0 Å². The zero-order valence-corrected chi connectivity index (χ0v) is 21.4. The minimum atomic E-state index is -0.0621. The molecule has 0 saturated carbocycles. The van der Waals surface area contributed by atoms with Crippen molar-refractivity contribution >= 4 is 39.5 Å². The molecule has 35 heavy (non-hydrogen) atoms. The van der Waals surface area contributed by atoms with E-state index in [0.29, 0.717) is 6.04 Å². The Morgan fingerprint density at radius 1 is 1.14 bits per heavy atom. The molecule has 182 valence electrons. The van der Waals surface area contributed by atoms with E-state index < -0.39 is 0 Å². The Kier molecular flexibility index (Phi) is 6.30. The first-order valence-corrected chi connectivity index (χ1v) is 12.9. The van der Waals surface area contributed by atoms with Gasteiger partial charge in [-0.2, -0.15) is 19.1 Å². The van der Waals surface area contributed by atoms with Gasteiger partial charge in [-0.1, -0.05) is 19.9 Å². The van der Waals surface area contributed by atoms with E-state index in [-0.39, 0.29) is 24.2 Å². The van der Waals surface area contributed by atoms with Crippen LogP contribution in [0.25, 0.3) is 22.1 Å². The van der Waals surface area contributed by atoms with Gasteiger partial charge in [-0.25, -0.2) is 0 Å². The van der Waals surface area contributed by atoms with Crippen LogP contribution in [0, 0.1) is 11.3 Å². The minimum Gasteiger partial charge on any atom is -0.364 e. The number of nitrogens with zero attached hydrogens (tertiary/aromatic N) is 8. The summed E-state index contributed by atoms with van der Waals surface area (Å²) in [6.45, 7) is 8.55. The maximum Gasteiger partial charge on any atom is 0.252 e. The largest absolute Gasteiger partial charge is 0.364 e. The topological polar surface area (TPSA) is 95.9 Å². The monoisotopic (exact) mass is 490 g/mol. The van der Waals surface area contributed by atoms with Crippen molar-refractivity contribution in [1.29, 1.82) is 5.26 Å². The van der Waals surface area contributed by atoms with Gasteiger partial charge in [0.05, 0.1) is 35.2 Å². The zero-order chi connectivity index (χ0) is 24.7. The summed E-state index contributed by atoms with van der Waals surface area (Å²) in [6, 6.07) is 11.0. The summed E-state index contributed by atoms with van der Waals surface area (Å²) in [5.41, 5.74) is 5.48. The van der Waals surface area contributed by atoms with Gasteiger partial charge in [0.1, 0.15) is 23.1 Å². The summed E-state index contributed by atoms with van der Waals surface area (Å²) in [5.74, 6) is 0. The molecule has 4 aromatic rings. The van der Waals surface area contributed by atoms with Gasteiger partial charge < -0.3 is 9.47 Å². The molecule has 3 aromatic heterocycles. The molecule has 0 amide bonds. The lowest BCUT2D eigenvalue weighted by molar-refractivity contribution is 0.101. The van der Waals surface area contributed by atoms with Crippen LogP contribution in [0.1, 0.15) is 45.2 Å². The van der Waals surface area contributed by atoms with Crippen LogP contribution >= 0.6 is 11.7 Å². The first kappa shape index (κ1) is 23.5. The third kappa shape index (κ3) is 4.09. The summed E-state index contributed by atoms with van der Waals surface area (Å²) in [5, 5.41) is 13.8. The van der Waals surface area contributed by atoms with E-state index >= 15 is 0 Å². The summed E-state index contributed by atoms with van der Waals surface area (Å²) in [4.78, 5) is 17.8. The highest BCUT2D eigenvalue weighted by Crippen LogP contribution is 2.34. The Balaban J connectivity index is 1.51. The number of pyridine rings is 1. The highest BCUT2D eigenvalue weighted by molar-refractivity contribution is 7.00. The fourth-order valence-corrected chi connectivity index (χ4v) is 5.83. The third-order valence-corrected chi connectivity index (χ3v) is 7.97. The molecule has 5 rings (SSSR count). The van der Waals surface area contributed by atoms with Crippen molar-refractivity contribution in [2.75, 3.05) is 18.0 Å². The highest BCUT2D eigenvalue weighted by Gasteiger charge is 2.36. The summed E-state index contributed by atoms with van der Waals surface area (Å²) in [7, 11) is 1.76. The lowest BCUT2D eigenvalue weighted by Crippen LogP contribution is -2.58. The number of fused-ring (bicyclic) bond motifs is 2. The normalized spacial score (nSPS) is 19.9. The number of piperazine rings is 1.